The summed E-state index contributed by atoms with van der Waals surface area (Å²) in [5, 5.41) is 9.45. The fraction of sp³-hybridized carbons (Fsp3) is 0.591. The number of nitrogens with one attached hydrogen (secondary N) is 3. The first-order valence-corrected chi connectivity index (χ1v) is 10.5. The molecule has 29 heavy (non-hydrogen) atoms. The van der Waals surface area contributed by atoms with Crippen LogP contribution in [0, 0.1) is 5.41 Å². The lowest BCUT2D eigenvalue weighted by Gasteiger charge is -2.35. The Kier molecular flexibility index (Phi) is 5.44. The maximum atomic E-state index is 12.9. The lowest BCUT2D eigenvalue weighted by Crippen LogP contribution is -2.52. The molecule has 0 bridgehead atoms. The number of amides is 3. The van der Waals surface area contributed by atoms with Crippen molar-refractivity contribution in [2.75, 3.05) is 13.1 Å². The summed E-state index contributed by atoms with van der Waals surface area (Å²) in [4.78, 5) is 38.0. The van der Waals surface area contributed by atoms with Crippen molar-refractivity contribution in [3.63, 3.8) is 0 Å². The molecule has 0 aliphatic carbocycles. The quantitative estimate of drug-likeness (QED) is 0.651. The summed E-state index contributed by atoms with van der Waals surface area (Å²) in [5.74, 6) is -0.750. The van der Waals surface area contributed by atoms with Gasteiger partial charge in [0, 0.05) is 44.2 Å². The molecule has 1 aromatic carbocycles. The molecular formula is C22H30N4O3. The fourth-order valence-corrected chi connectivity index (χ4v) is 4.45. The van der Waals surface area contributed by atoms with E-state index in [1.165, 1.54) is 12.8 Å². The minimum absolute atomic E-state index is 0.118. The predicted molar refractivity (Wildman–Crippen MR) is 109 cm³/mol. The number of benzene rings is 1. The Morgan fingerprint density at radius 2 is 2.03 bits per heavy atom. The van der Waals surface area contributed by atoms with Crippen LogP contribution in [0.4, 0.5) is 0 Å². The van der Waals surface area contributed by atoms with Gasteiger partial charge in [0.05, 0.1) is 0 Å². The highest BCUT2D eigenvalue weighted by Gasteiger charge is 2.39. The molecule has 3 amide bonds. The molecule has 7 heteroatoms. The van der Waals surface area contributed by atoms with Gasteiger partial charge in [-0.3, -0.25) is 19.7 Å². The second-order valence-corrected chi connectivity index (χ2v) is 9.30. The van der Waals surface area contributed by atoms with Crippen molar-refractivity contribution in [1.82, 2.24) is 20.9 Å². The molecule has 2 fully saturated rings. The topological polar surface area (TPSA) is 90.5 Å². The van der Waals surface area contributed by atoms with E-state index in [0.717, 1.165) is 24.2 Å². The number of rotatable bonds is 5. The van der Waals surface area contributed by atoms with Gasteiger partial charge in [0.25, 0.3) is 5.91 Å². The molecule has 2 saturated heterocycles. The summed E-state index contributed by atoms with van der Waals surface area (Å²) in [6.45, 7) is 7.68. The zero-order valence-corrected chi connectivity index (χ0v) is 17.2. The molecule has 2 atom stereocenters. The van der Waals surface area contributed by atoms with E-state index < -0.39 is 6.04 Å². The molecule has 156 valence electrons. The third-order valence-electron chi connectivity index (χ3n) is 6.35. The van der Waals surface area contributed by atoms with E-state index in [2.05, 4.69) is 29.8 Å². The average Bonchev–Trinajstić information content (AvgIpc) is 2.99. The SMILES string of the molecule is CC1(C)CCC(CNCc2ccc3c(c2)C(=O)N(C2CCC(=O)NC2=O)C3)NC1. The Labute approximate surface area is 171 Å². The van der Waals surface area contributed by atoms with E-state index in [1.54, 1.807) is 4.90 Å². The van der Waals surface area contributed by atoms with Gasteiger partial charge in [-0.25, -0.2) is 0 Å². The van der Waals surface area contributed by atoms with Crippen LogP contribution in [0.25, 0.3) is 0 Å². The highest BCUT2D eigenvalue weighted by molar-refractivity contribution is 6.05. The van der Waals surface area contributed by atoms with Gasteiger partial charge in [-0.15, -0.1) is 0 Å². The molecule has 3 aliphatic rings. The van der Waals surface area contributed by atoms with E-state index in [1.807, 2.05) is 18.2 Å². The number of hydrogen-bond acceptors (Lipinski definition) is 5. The van der Waals surface area contributed by atoms with Gasteiger partial charge in [0.2, 0.25) is 11.8 Å². The lowest BCUT2D eigenvalue weighted by molar-refractivity contribution is -0.136. The minimum Gasteiger partial charge on any atom is -0.322 e. The molecule has 2 unspecified atom stereocenters. The van der Waals surface area contributed by atoms with Crippen LogP contribution in [0.1, 0.15) is 61.0 Å². The van der Waals surface area contributed by atoms with Gasteiger partial charge >= 0.3 is 0 Å². The fourth-order valence-electron chi connectivity index (χ4n) is 4.45. The first-order valence-electron chi connectivity index (χ1n) is 10.5. The van der Waals surface area contributed by atoms with Crippen molar-refractivity contribution in [3.05, 3.63) is 34.9 Å². The molecule has 7 nitrogen and oxygen atoms in total. The van der Waals surface area contributed by atoms with Crippen LogP contribution < -0.4 is 16.0 Å². The molecule has 0 saturated carbocycles. The summed E-state index contributed by atoms with van der Waals surface area (Å²) in [5.41, 5.74) is 3.06. The molecule has 0 radical (unpaired) electrons. The normalized spacial score (nSPS) is 26.4. The number of fused-ring (bicyclic) bond motifs is 1. The summed E-state index contributed by atoms with van der Waals surface area (Å²) >= 11 is 0. The second-order valence-electron chi connectivity index (χ2n) is 9.30. The van der Waals surface area contributed by atoms with E-state index >= 15 is 0 Å². The smallest absolute Gasteiger partial charge is 0.255 e. The summed E-state index contributed by atoms with van der Waals surface area (Å²) < 4.78 is 0. The van der Waals surface area contributed by atoms with Gasteiger partial charge < -0.3 is 15.5 Å². The van der Waals surface area contributed by atoms with Crippen molar-refractivity contribution in [2.24, 2.45) is 5.41 Å². The van der Waals surface area contributed by atoms with Crippen LogP contribution in [0.3, 0.4) is 0 Å². The van der Waals surface area contributed by atoms with Crippen molar-refractivity contribution in [1.29, 1.82) is 0 Å². The molecule has 3 aliphatic heterocycles. The molecule has 3 N–H and O–H groups in total. The van der Waals surface area contributed by atoms with Crippen molar-refractivity contribution >= 4 is 17.7 Å². The first-order chi connectivity index (χ1) is 13.8. The van der Waals surface area contributed by atoms with Crippen LogP contribution in [-0.2, 0) is 22.7 Å². The van der Waals surface area contributed by atoms with E-state index in [9.17, 15) is 14.4 Å². The second kappa shape index (κ2) is 7.88. The van der Waals surface area contributed by atoms with E-state index in [-0.39, 0.29) is 24.1 Å². The van der Waals surface area contributed by atoms with Gasteiger partial charge in [-0.05, 0) is 41.9 Å². The molecule has 4 rings (SSSR count). The Hall–Kier alpha value is -2.25. The summed E-state index contributed by atoms with van der Waals surface area (Å²) in [7, 11) is 0. The minimum atomic E-state index is -0.559. The summed E-state index contributed by atoms with van der Waals surface area (Å²) in [6, 6.07) is 5.90. The third-order valence-corrected chi connectivity index (χ3v) is 6.35. The van der Waals surface area contributed by atoms with Crippen LogP contribution in [0.15, 0.2) is 18.2 Å². The van der Waals surface area contributed by atoms with Gasteiger partial charge in [0.15, 0.2) is 0 Å². The standard InChI is InChI=1S/C22H30N4O3/c1-22(2)8-7-16(24-13-22)11-23-10-14-3-4-15-12-26(21(29)17(15)9-14)18-5-6-19(27)25-20(18)28/h3-4,9,16,18,23-24H,5-8,10-13H2,1-2H3,(H,25,27,28). The predicted octanol–water partition coefficient (Wildman–Crippen LogP) is 1.32. The number of nitrogens with zero attached hydrogens (tertiary/aromatic N) is 1. The van der Waals surface area contributed by atoms with Gasteiger partial charge in [-0.2, -0.15) is 0 Å². The Balaban J connectivity index is 1.33. The highest BCUT2D eigenvalue weighted by Crippen LogP contribution is 2.28. The number of piperidine rings is 2. The Morgan fingerprint density at radius 1 is 1.21 bits per heavy atom. The zero-order valence-electron chi connectivity index (χ0n) is 17.2. The largest absolute Gasteiger partial charge is 0.322 e. The first kappa shape index (κ1) is 20.0. The van der Waals surface area contributed by atoms with Crippen molar-refractivity contribution in [2.45, 2.75) is 64.7 Å². The Bertz CT molecular complexity index is 825. The monoisotopic (exact) mass is 398 g/mol. The summed E-state index contributed by atoms with van der Waals surface area (Å²) in [6.07, 6.45) is 3.07. The number of hydrogen-bond donors (Lipinski definition) is 3. The van der Waals surface area contributed by atoms with Gasteiger partial charge in [0.1, 0.15) is 6.04 Å². The molecule has 0 aromatic heterocycles. The maximum Gasteiger partial charge on any atom is 0.255 e. The molecular weight excluding hydrogens is 368 g/mol. The number of imide groups is 1. The van der Waals surface area contributed by atoms with E-state index in [4.69, 9.17) is 0 Å². The highest BCUT2D eigenvalue weighted by atomic mass is 16.2. The van der Waals surface area contributed by atoms with Crippen molar-refractivity contribution < 1.29 is 14.4 Å². The van der Waals surface area contributed by atoms with Crippen LogP contribution in [0.2, 0.25) is 0 Å². The average molecular weight is 399 g/mol. The maximum absolute atomic E-state index is 12.9. The van der Waals surface area contributed by atoms with Crippen LogP contribution in [-0.4, -0.2) is 47.8 Å². The van der Waals surface area contributed by atoms with Gasteiger partial charge in [-0.1, -0.05) is 26.0 Å². The number of carbonyl (C=O) groups is 3. The Morgan fingerprint density at radius 3 is 2.76 bits per heavy atom. The van der Waals surface area contributed by atoms with E-state index in [0.29, 0.717) is 36.5 Å². The molecule has 3 heterocycles. The third kappa shape index (κ3) is 4.36. The zero-order chi connectivity index (χ0) is 20.6. The van der Waals surface area contributed by atoms with Crippen molar-refractivity contribution in [3.8, 4) is 0 Å². The van der Waals surface area contributed by atoms with Crippen LogP contribution >= 0.6 is 0 Å². The molecule has 1 aromatic rings. The molecule has 0 spiro atoms. The van der Waals surface area contributed by atoms with Crippen LogP contribution in [0.5, 0.6) is 0 Å². The number of carbonyl (C=O) groups excluding carboxylic acids is 3. The lowest BCUT2D eigenvalue weighted by atomic mass is 9.82.